The summed E-state index contributed by atoms with van der Waals surface area (Å²) in [5.74, 6) is -0.687. The summed E-state index contributed by atoms with van der Waals surface area (Å²) in [5.41, 5.74) is 0. The van der Waals surface area contributed by atoms with Gasteiger partial charge >= 0.3 is 5.97 Å². The fraction of sp³-hybridized carbons (Fsp3) is 0.500. The minimum Gasteiger partial charge on any atom is -0.492 e. The summed E-state index contributed by atoms with van der Waals surface area (Å²) in [6.45, 7) is 0.811. The fourth-order valence-electron chi connectivity index (χ4n) is 2.67. The maximum absolute atomic E-state index is 12.1. The van der Waals surface area contributed by atoms with Crippen LogP contribution in [0.3, 0.4) is 0 Å². The van der Waals surface area contributed by atoms with Gasteiger partial charge in [0.2, 0.25) is 5.91 Å². The van der Waals surface area contributed by atoms with Gasteiger partial charge < -0.3 is 15.2 Å². The van der Waals surface area contributed by atoms with E-state index in [-0.39, 0.29) is 17.7 Å². The van der Waals surface area contributed by atoms with Crippen LogP contribution in [0.1, 0.15) is 25.7 Å². The number of halogens is 1. The number of nitrogens with one attached hydrogen (secondary N) is 1. The number of carbonyl (C=O) groups excluding carboxylic acids is 1. The zero-order valence-corrected chi connectivity index (χ0v) is 13.8. The van der Waals surface area contributed by atoms with Crippen molar-refractivity contribution in [3.63, 3.8) is 0 Å². The summed E-state index contributed by atoms with van der Waals surface area (Å²) in [4.78, 5) is 23.1. The molecule has 6 heteroatoms. The zero-order valence-electron chi connectivity index (χ0n) is 12.3. The number of benzene rings is 1. The second kappa shape index (κ2) is 8.17. The van der Waals surface area contributed by atoms with Gasteiger partial charge in [0.25, 0.3) is 0 Å². The number of ether oxygens (including phenoxy) is 1. The number of rotatable bonds is 6. The van der Waals surface area contributed by atoms with Crippen molar-refractivity contribution in [2.75, 3.05) is 13.2 Å². The molecule has 120 valence electrons. The van der Waals surface area contributed by atoms with Crippen LogP contribution in [0, 0.1) is 11.8 Å². The molecule has 5 nitrogen and oxygen atoms in total. The fourth-order valence-corrected chi connectivity index (χ4v) is 2.93. The average Bonchev–Trinajstić information content (AvgIpc) is 2.53. The first kappa shape index (κ1) is 16.8. The van der Waals surface area contributed by atoms with E-state index >= 15 is 0 Å². The molecule has 0 bridgehead atoms. The molecule has 0 heterocycles. The highest BCUT2D eigenvalue weighted by Crippen LogP contribution is 2.29. The molecule has 1 amide bonds. The maximum atomic E-state index is 12.1. The van der Waals surface area contributed by atoms with E-state index in [1.54, 1.807) is 0 Å². The van der Waals surface area contributed by atoms with Crippen molar-refractivity contribution in [2.45, 2.75) is 25.7 Å². The molecular formula is C16H20BrNO4. The third kappa shape index (κ3) is 5.02. The first-order chi connectivity index (χ1) is 10.6. The Morgan fingerprint density at radius 3 is 2.59 bits per heavy atom. The van der Waals surface area contributed by atoms with Gasteiger partial charge in [-0.05, 0) is 43.5 Å². The Hall–Kier alpha value is -1.56. The third-order valence-electron chi connectivity index (χ3n) is 3.88. The molecule has 1 aromatic carbocycles. The van der Waals surface area contributed by atoms with Gasteiger partial charge in [-0.2, -0.15) is 0 Å². The molecule has 22 heavy (non-hydrogen) atoms. The zero-order chi connectivity index (χ0) is 15.9. The molecule has 1 aliphatic carbocycles. The molecule has 0 aliphatic heterocycles. The van der Waals surface area contributed by atoms with Crippen LogP contribution in [0.5, 0.6) is 5.75 Å². The van der Waals surface area contributed by atoms with E-state index in [1.807, 2.05) is 24.3 Å². The molecule has 0 aromatic heterocycles. The Labute approximate surface area is 138 Å². The van der Waals surface area contributed by atoms with Crippen molar-refractivity contribution < 1.29 is 19.4 Å². The number of amides is 1. The number of hydrogen-bond acceptors (Lipinski definition) is 3. The smallest absolute Gasteiger partial charge is 0.306 e. The van der Waals surface area contributed by atoms with Crippen LogP contribution >= 0.6 is 15.9 Å². The molecule has 1 aromatic rings. The summed E-state index contributed by atoms with van der Waals surface area (Å²) in [7, 11) is 0. The molecule has 2 unspecified atom stereocenters. The normalized spacial score (nSPS) is 21.1. The molecule has 0 saturated heterocycles. The van der Waals surface area contributed by atoms with Gasteiger partial charge in [0, 0.05) is 10.4 Å². The second-order valence-corrected chi connectivity index (χ2v) is 6.41. The lowest BCUT2D eigenvalue weighted by Gasteiger charge is -2.25. The van der Waals surface area contributed by atoms with Crippen molar-refractivity contribution in [1.82, 2.24) is 5.32 Å². The van der Waals surface area contributed by atoms with Crippen LogP contribution < -0.4 is 10.1 Å². The monoisotopic (exact) mass is 369 g/mol. The van der Waals surface area contributed by atoms with E-state index in [4.69, 9.17) is 9.84 Å². The lowest BCUT2D eigenvalue weighted by molar-refractivity contribution is -0.144. The summed E-state index contributed by atoms with van der Waals surface area (Å²) < 4.78 is 6.51. The van der Waals surface area contributed by atoms with Gasteiger partial charge in [-0.15, -0.1) is 0 Å². The molecule has 0 spiro atoms. The molecule has 1 saturated carbocycles. The Morgan fingerprint density at radius 1 is 1.23 bits per heavy atom. The van der Waals surface area contributed by atoms with Crippen molar-refractivity contribution in [1.29, 1.82) is 0 Å². The van der Waals surface area contributed by atoms with Gasteiger partial charge in [-0.25, -0.2) is 0 Å². The predicted molar refractivity (Wildman–Crippen MR) is 85.7 cm³/mol. The summed E-state index contributed by atoms with van der Waals surface area (Å²) in [5, 5.41) is 11.9. The Morgan fingerprint density at radius 2 is 1.91 bits per heavy atom. The van der Waals surface area contributed by atoms with Crippen LogP contribution in [0.4, 0.5) is 0 Å². The number of carbonyl (C=O) groups is 2. The van der Waals surface area contributed by atoms with E-state index in [0.29, 0.717) is 26.0 Å². The van der Waals surface area contributed by atoms with Crippen LogP contribution in [-0.4, -0.2) is 30.1 Å². The van der Waals surface area contributed by atoms with Gasteiger partial charge in [0.15, 0.2) is 0 Å². The van der Waals surface area contributed by atoms with E-state index in [9.17, 15) is 9.59 Å². The summed E-state index contributed by atoms with van der Waals surface area (Å²) in [6, 6.07) is 7.49. The van der Waals surface area contributed by atoms with E-state index in [1.165, 1.54) is 0 Å². The number of aliphatic carboxylic acids is 1. The number of carboxylic acids is 1. The van der Waals surface area contributed by atoms with Crippen LogP contribution in [-0.2, 0) is 9.59 Å². The Balaban J connectivity index is 1.69. The standard InChI is InChI=1S/C16H20BrNO4/c17-13-4-6-14(7-5-13)22-9-8-18-15(19)11-2-1-3-12(10-11)16(20)21/h4-7,11-12H,1-3,8-10H2,(H,18,19)(H,20,21). The van der Waals surface area contributed by atoms with Gasteiger partial charge in [0.05, 0.1) is 12.5 Å². The molecule has 2 N–H and O–H groups in total. The van der Waals surface area contributed by atoms with Crippen LogP contribution in [0.15, 0.2) is 28.7 Å². The third-order valence-corrected chi connectivity index (χ3v) is 4.41. The highest BCUT2D eigenvalue weighted by Gasteiger charge is 2.30. The summed E-state index contributed by atoms with van der Waals surface area (Å²) >= 11 is 3.35. The topological polar surface area (TPSA) is 75.6 Å². The van der Waals surface area contributed by atoms with Crippen LogP contribution in [0.25, 0.3) is 0 Å². The minimum atomic E-state index is -0.795. The lowest BCUT2D eigenvalue weighted by Crippen LogP contribution is -2.37. The maximum Gasteiger partial charge on any atom is 0.306 e. The lowest BCUT2D eigenvalue weighted by atomic mass is 9.81. The Kier molecular flexibility index (Phi) is 6.24. The van der Waals surface area contributed by atoms with Crippen molar-refractivity contribution in [3.05, 3.63) is 28.7 Å². The Bertz CT molecular complexity index is 517. The highest BCUT2D eigenvalue weighted by molar-refractivity contribution is 9.10. The average molecular weight is 370 g/mol. The largest absolute Gasteiger partial charge is 0.492 e. The van der Waals surface area contributed by atoms with Gasteiger partial charge in [0.1, 0.15) is 12.4 Å². The van der Waals surface area contributed by atoms with Gasteiger partial charge in [-0.1, -0.05) is 22.4 Å². The SMILES string of the molecule is O=C(O)C1CCCC(C(=O)NCCOc2ccc(Br)cc2)C1. The van der Waals surface area contributed by atoms with Crippen molar-refractivity contribution >= 4 is 27.8 Å². The first-order valence-electron chi connectivity index (χ1n) is 7.45. The molecule has 1 fully saturated rings. The van der Waals surface area contributed by atoms with E-state index in [2.05, 4.69) is 21.2 Å². The highest BCUT2D eigenvalue weighted by atomic mass is 79.9. The molecule has 2 rings (SSSR count). The number of hydrogen-bond donors (Lipinski definition) is 2. The van der Waals surface area contributed by atoms with Crippen LogP contribution in [0.2, 0.25) is 0 Å². The van der Waals surface area contributed by atoms with Crippen molar-refractivity contribution in [2.24, 2.45) is 11.8 Å². The molecular weight excluding hydrogens is 350 g/mol. The predicted octanol–water partition coefficient (Wildman–Crippen LogP) is 2.84. The minimum absolute atomic E-state index is 0.0645. The quantitative estimate of drug-likeness (QED) is 0.756. The van der Waals surface area contributed by atoms with Gasteiger partial charge in [-0.3, -0.25) is 9.59 Å². The van der Waals surface area contributed by atoms with Crippen molar-refractivity contribution in [3.8, 4) is 5.75 Å². The summed E-state index contributed by atoms with van der Waals surface area (Å²) in [6.07, 6.45) is 2.67. The van der Waals surface area contributed by atoms with E-state index in [0.717, 1.165) is 23.1 Å². The molecule has 2 atom stereocenters. The number of carboxylic acid groups (broad SMARTS) is 1. The second-order valence-electron chi connectivity index (χ2n) is 5.49. The first-order valence-corrected chi connectivity index (χ1v) is 8.24. The molecule has 1 aliphatic rings. The van der Waals surface area contributed by atoms with E-state index < -0.39 is 5.97 Å². The molecule has 0 radical (unpaired) electrons.